The number of rotatable bonds is 3. The van der Waals surface area contributed by atoms with Crippen molar-refractivity contribution in [3.63, 3.8) is 0 Å². The second-order valence-electron chi connectivity index (χ2n) is 6.34. The quantitative estimate of drug-likeness (QED) is 0.904. The zero-order valence-electron chi connectivity index (χ0n) is 13.8. The van der Waals surface area contributed by atoms with E-state index in [4.69, 9.17) is 4.98 Å². The number of hydrogen-bond donors (Lipinski definition) is 1. The fourth-order valence-electron chi connectivity index (χ4n) is 2.79. The third-order valence-electron chi connectivity index (χ3n) is 4.20. The summed E-state index contributed by atoms with van der Waals surface area (Å²) in [6.45, 7) is 5.55. The SMILES string of the molecule is CC(C)c1csc(C2CCCN(C(=O)Nc3ccncc3F)C2)n1. The number of hydrogen-bond acceptors (Lipinski definition) is 4. The van der Waals surface area contributed by atoms with Gasteiger partial charge in [-0.15, -0.1) is 11.3 Å². The zero-order valence-corrected chi connectivity index (χ0v) is 14.6. The van der Waals surface area contributed by atoms with Crippen molar-refractivity contribution in [2.24, 2.45) is 0 Å². The first-order valence-corrected chi connectivity index (χ1v) is 9.03. The van der Waals surface area contributed by atoms with Gasteiger partial charge in [0.1, 0.15) is 0 Å². The molecule has 128 valence electrons. The smallest absolute Gasteiger partial charge is 0.321 e. The normalized spacial score (nSPS) is 18.0. The number of aromatic nitrogens is 2. The Balaban J connectivity index is 1.66. The van der Waals surface area contributed by atoms with Gasteiger partial charge in [-0.3, -0.25) is 4.98 Å². The van der Waals surface area contributed by atoms with E-state index in [-0.39, 0.29) is 17.6 Å². The molecule has 0 aliphatic carbocycles. The average molecular weight is 348 g/mol. The molecule has 0 aromatic carbocycles. The van der Waals surface area contributed by atoms with Gasteiger partial charge >= 0.3 is 6.03 Å². The van der Waals surface area contributed by atoms with Crippen LogP contribution in [0.1, 0.15) is 49.2 Å². The van der Waals surface area contributed by atoms with Crippen molar-refractivity contribution < 1.29 is 9.18 Å². The number of piperidine rings is 1. The maximum absolute atomic E-state index is 13.6. The van der Waals surface area contributed by atoms with Crippen molar-refractivity contribution >= 4 is 23.1 Å². The summed E-state index contributed by atoms with van der Waals surface area (Å²) in [5.41, 5.74) is 1.27. The van der Waals surface area contributed by atoms with Crippen molar-refractivity contribution in [1.29, 1.82) is 0 Å². The van der Waals surface area contributed by atoms with E-state index in [1.54, 1.807) is 16.2 Å². The fourth-order valence-corrected chi connectivity index (χ4v) is 3.90. The van der Waals surface area contributed by atoms with Crippen molar-refractivity contribution in [1.82, 2.24) is 14.9 Å². The third kappa shape index (κ3) is 3.72. The number of anilines is 1. The Morgan fingerprint density at radius 3 is 3.04 bits per heavy atom. The van der Waals surface area contributed by atoms with Crippen molar-refractivity contribution in [3.05, 3.63) is 40.4 Å². The van der Waals surface area contributed by atoms with Crippen LogP contribution in [0.4, 0.5) is 14.9 Å². The van der Waals surface area contributed by atoms with Crippen LogP contribution in [0.2, 0.25) is 0 Å². The first-order valence-electron chi connectivity index (χ1n) is 8.15. The highest BCUT2D eigenvalue weighted by molar-refractivity contribution is 7.09. The van der Waals surface area contributed by atoms with Crippen LogP contribution in [0, 0.1) is 5.82 Å². The van der Waals surface area contributed by atoms with Gasteiger partial charge in [0.15, 0.2) is 5.82 Å². The van der Waals surface area contributed by atoms with E-state index in [0.717, 1.165) is 29.7 Å². The van der Waals surface area contributed by atoms with Crippen LogP contribution in [0.5, 0.6) is 0 Å². The van der Waals surface area contributed by atoms with Crippen LogP contribution in [0.15, 0.2) is 23.8 Å². The highest BCUT2D eigenvalue weighted by atomic mass is 32.1. The number of thiazole rings is 1. The van der Waals surface area contributed by atoms with E-state index in [1.807, 2.05) is 0 Å². The molecule has 0 saturated carbocycles. The van der Waals surface area contributed by atoms with Gasteiger partial charge in [-0.25, -0.2) is 14.2 Å². The van der Waals surface area contributed by atoms with Gasteiger partial charge in [-0.1, -0.05) is 13.8 Å². The molecule has 24 heavy (non-hydrogen) atoms. The van der Waals surface area contributed by atoms with Crippen molar-refractivity contribution in [3.8, 4) is 0 Å². The average Bonchev–Trinajstić information content (AvgIpc) is 3.07. The van der Waals surface area contributed by atoms with E-state index in [9.17, 15) is 9.18 Å². The minimum absolute atomic E-state index is 0.161. The Morgan fingerprint density at radius 1 is 1.50 bits per heavy atom. The predicted octanol–water partition coefficient (Wildman–Crippen LogP) is 4.21. The second kappa shape index (κ2) is 7.25. The van der Waals surface area contributed by atoms with Gasteiger partial charge in [-0.2, -0.15) is 0 Å². The number of urea groups is 1. The summed E-state index contributed by atoms with van der Waals surface area (Å²) in [5, 5.41) is 5.82. The molecule has 2 aromatic rings. The molecule has 2 aromatic heterocycles. The standard InChI is InChI=1S/C17H21FN4OS/c1-11(2)15-10-24-16(20-15)12-4-3-7-22(9-12)17(23)21-14-5-6-19-8-13(14)18/h5-6,8,10-12H,3-4,7,9H2,1-2H3,(H,19,21,23). The minimum Gasteiger partial charge on any atom is -0.324 e. The Bertz CT molecular complexity index is 718. The minimum atomic E-state index is -0.527. The predicted molar refractivity (Wildman–Crippen MR) is 93.0 cm³/mol. The molecule has 5 nitrogen and oxygen atoms in total. The Labute approximate surface area is 144 Å². The summed E-state index contributed by atoms with van der Waals surface area (Å²) in [5.74, 6) is 0.137. The fraction of sp³-hybridized carbons (Fsp3) is 0.471. The molecule has 2 amide bonds. The summed E-state index contributed by atoms with van der Waals surface area (Å²) in [6, 6.07) is 1.19. The number of carbonyl (C=O) groups is 1. The second-order valence-corrected chi connectivity index (χ2v) is 7.23. The van der Waals surface area contributed by atoms with Crippen LogP contribution in [-0.2, 0) is 0 Å². The van der Waals surface area contributed by atoms with Gasteiger partial charge < -0.3 is 10.2 Å². The van der Waals surface area contributed by atoms with E-state index in [0.29, 0.717) is 19.0 Å². The molecular formula is C17H21FN4OS. The molecule has 3 heterocycles. The Hall–Kier alpha value is -2.02. The summed E-state index contributed by atoms with van der Waals surface area (Å²) in [4.78, 5) is 22.6. The van der Waals surface area contributed by atoms with E-state index in [2.05, 4.69) is 29.5 Å². The van der Waals surface area contributed by atoms with Crippen LogP contribution < -0.4 is 5.32 Å². The first-order chi connectivity index (χ1) is 11.5. The van der Waals surface area contributed by atoms with Crippen molar-refractivity contribution in [2.75, 3.05) is 18.4 Å². The molecule has 0 bridgehead atoms. The number of halogens is 1. The molecule has 1 unspecified atom stereocenters. The number of pyridine rings is 1. The van der Waals surface area contributed by atoms with Gasteiger partial charge in [0.2, 0.25) is 0 Å². The summed E-state index contributed by atoms with van der Waals surface area (Å²) < 4.78 is 13.6. The molecule has 7 heteroatoms. The monoisotopic (exact) mass is 348 g/mol. The number of amides is 2. The number of carbonyl (C=O) groups excluding carboxylic acids is 1. The number of nitrogens with one attached hydrogen (secondary N) is 1. The molecule has 3 rings (SSSR count). The highest BCUT2D eigenvalue weighted by Gasteiger charge is 2.27. The lowest BCUT2D eigenvalue weighted by Crippen LogP contribution is -2.41. The highest BCUT2D eigenvalue weighted by Crippen LogP contribution is 2.31. The van der Waals surface area contributed by atoms with Gasteiger partial charge in [-0.05, 0) is 24.8 Å². The van der Waals surface area contributed by atoms with Crippen LogP contribution in [0.3, 0.4) is 0 Å². The third-order valence-corrected chi connectivity index (χ3v) is 5.23. The van der Waals surface area contributed by atoms with E-state index < -0.39 is 5.82 Å². The molecular weight excluding hydrogens is 327 g/mol. The lowest BCUT2D eigenvalue weighted by molar-refractivity contribution is 0.192. The largest absolute Gasteiger partial charge is 0.324 e. The molecule has 1 aliphatic rings. The first kappa shape index (κ1) is 16.8. The number of nitrogens with zero attached hydrogens (tertiary/aromatic N) is 3. The zero-order chi connectivity index (χ0) is 17.1. The maximum Gasteiger partial charge on any atom is 0.321 e. The van der Waals surface area contributed by atoms with Crippen molar-refractivity contribution in [2.45, 2.75) is 38.5 Å². The lowest BCUT2D eigenvalue weighted by Gasteiger charge is -2.31. The molecule has 0 radical (unpaired) electrons. The Kier molecular flexibility index (Phi) is 5.08. The van der Waals surface area contributed by atoms with E-state index >= 15 is 0 Å². The van der Waals surface area contributed by atoms with E-state index in [1.165, 1.54) is 12.3 Å². The Morgan fingerprint density at radius 2 is 2.33 bits per heavy atom. The molecule has 1 N–H and O–H groups in total. The summed E-state index contributed by atoms with van der Waals surface area (Å²) in [6.07, 6.45) is 4.50. The lowest BCUT2D eigenvalue weighted by atomic mass is 9.99. The maximum atomic E-state index is 13.6. The van der Waals surface area contributed by atoms with Gasteiger partial charge in [0.05, 0.1) is 22.6 Å². The molecule has 1 fully saturated rings. The van der Waals surface area contributed by atoms with Gasteiger partial charge in [0, 0.05) is 30.6 Å². The topological polar surface area (TPSA) is 58.1 Å². The van der Waals surface area contributed by atoms with Crippen LogP contribution in [0.25, 0.3) is 0 Å². The molecule has 1 atom stereocenters. The van der Waals surface area contributed by atoms with Gasteiger partial charge in [0.25, 0.3) is 0 Å². The molecule has 1 aliphatic heterocycles. The molecule has 1 saturated heterocycles. The van der Waals surface area contributed by atoms with Crippen LogP contribution >= 0.6 is 11.3 Å². The van der Waals surface area contributed by atoms with Crippen LogP contribution in [-0.4, -0.2) is 34.0 Å². The molecule has 0 spiro atoms. The summed E-state index contributed by atoms with van der Waals surface area (Å²) >= 11 is 1.67. The number of likely N-dealkylation sites (tertiary alicyclic amines) is 1. The summed E-state index contributed by atoms with van der Waals surface area (Å²) in [7, 11) is 0.